The van der Waals surface area contributed by atoms with Gasteiger partial charge in [-0.3, -0.25) is 14.9 Å². The van der Waals surface area contributed by atoms with E-state index >= 15 is 0 Å². The number of amides is 4. The smallest absolute Gasteiger partial charge is 0.335 e. The monoisotopic (exact) mass is 568 g/mol. The molecule has 0 bridgehead atoms. The second-order valence-electron chi connectivity index (χ2n) is 7.41. The van der Waals surface area contributed by atoms with Crippen LogP contribution in [0.4, 0.5) is 10.5 Å². The van der Waals surface area contributed by atoms with Crippen LogP contribution in [0, 0.1) is 12.8 Å². The fraction of sp³-hybridized carbons (Fsp3) is 0.227. The lowest BCUT2D eigenvalue weighted by molar-refractivity contribution is -0.122. The first kappa shape index (κ1) is 23.5. The lowest BCUT2D eigenvalue weighted by atomic mass is 10.1. The first-order valence-corrected chi connectivity index (χ1v) is 11.3. The van der Waals surface area contributed by atoms with Crippen molar-refractivity contribution in [2.75, 3.05) is 11.5 Å². The third kappa shape index (κ3) is 5.19. The molecule has 1 fully saturated rings. The molecule has 0 spiro atoms. The molecule has 1 heterocycles. The highest BCUT2D eigenvalue weighted by Crippen LogP contribution is 2.36. The number of anilines is 1. The van der Waals surface area contributed by atoms with Gasteiger partial charge in [-0.1, -0.05) is 31.5 Å². The molecule has 4 amide bonds. The molecule has 162 valence electrons. The summed E-state index contributed by atoms with van der Waals surface area (Å²) in [5.74, 6) is -0.519. The molecule has 0 unspecified atom stereocenters. The van der Waals surface area contributed by atoms with Crippen LogP contribution < -0.4 is 15.0 Å². The Hall–Kier alpha value is -2.16. The fourth-order valence-corrected chi connectivity index (χ4v) is 4.53. The minimum absolute atomic E-state index is 0.173. The van der Waals surface area contributed by atoms with Crippen molar-refractivity contribution in [2.45, 2.75) is 20.8 Å². The summed E-state index contributed by atoms with van der Waals surface area (Å²) in [6.45, 7) is 6.37. The van der Waals surface area contributed by atoms with E-state index in [1.807, 2.05) is 13.8 Å². The van der Waals surface area contributed by atoms with Crippen LogP contribution in [0.3, 0.4) is 0 Å². The summed E-state index contributed by atoms with van der Waals surface area (Å²) in [4.78, 5) is 38.9. The Morgan fingerprint density at radius 3 is 2.39 bits per heavy atom. The second-order valence-corrected chi connectivity index (χ2v) is 9.55. The average molecular weight is 571 g/mol. The SMILES string of the molecule is Cc1ccc(Cl)cc1N1C(=O)NC(=O)/C(=C\c2cc(Br)c(OCC(C)C)c(Br)c2)C1=O. The van der Waals surface area contributed by atoms with Crippen LogP contribution in [0.25, 0.3) is 6.08 Å². The molecule has 6 nitrogen and oxygen atoms in total. The van der Waals surface area contributed by atoms with E-state index in [2.05, 4.69) is 37.2 Å². The molecule has 3 rings (SSSR count). The van der Waals surface area contributed by atoms with Crippen molar-refractivity contribution in [3.8, 4) is 5.75 Å². The number of carbonyl (C=O) groups excluding carboxylic acids is 3. The third-order valence-electron chi connectivity index (χ3n) is 4.41. The number of benzene rings is 2. The Labute approximate surface area is 201 Å². The van der Waals surface area contributed by atoms with Gasteiger partial charge < -0.3 is 4.74 Å². The molecule has 9 heteroatoms. The van der Waals surface area contributed by atoms with Gasteiger partial charge in [-0.05, 0) is 86.2 Å². The van der Waals surface area contributed by atoms with Gasteiger partial charge in [-0.15, -0.1) is 0 Å². The van der Waals surface area contributed by atoms with Gasteiger partial charge in [-0.2, -0.15) is 0 Å². The van der Waals surface area contributed by atoms with E-state index in [4.69, 9.17) is 16.3 Å². The second kappa shape index (κ2) is 9.54. The Bertz CT molecular complexity index is 1090. The van der Waals surface area contributed by atoms with Gasteiger partial charge in [0.15, 0.2) is 0 Å². The first-order valence-electron chi connectivity index (χ1n) is 9.38. The number of ether oxygens (including phenoxy) is 1. The van der Waals surface area contributed by atoms with Crippen LogP contribution in [0.5, 0.6) is 5.75 Å². The van der Waals surface area contributed by atoms with Crippen molar-refractivity contribution < 1.29 is 19.1 Å². The Balaban J connectivity index is 1.99. The molecule has 2 aromatic carbocycles. The molecule has 1 aliphatic heterocycles. The molecule has 0 aromatic heterocycles. The van der Waals surface area contributed by atoms with E-state index < -0.39 is 17.8 Å². The Morgan fingerprint density at radius 2 is 1.77 bits per heavy atom. The number of aryl methyl sites for hydroxylation is 1. The predicted octanol–water partition coefficient (Wildman–Crippen LogP) is 5.87. The topological polar surface area (TPSA) is 75.7 Å². The number of halogens is 3. The molecule has 0 saturated carbocycles. The summed E-state index contributed by atoms with van der Waals surface area (Å²) >= 11 is 13.0. The number of hydrogen-bond acceptors (Lipinski definition) is 4. The minimum Gasteiger partial charge on any atom is -0.491 e. The molecule has 1 aliphatic rings. The predicted molar refractivity (Wildman–Crippen MR) is 127 cm³/mol. The maximum atomic E-state index is 13.1. The molecule has 1 saturated heterocycles. The zero-order valence-electron chi connectivity index (χ0n) is 17.0. The molecular formula is C22H19Br2ClN2O4. The lowest BCUT2D eigenvalue weighted by Crippen LogP contribution is -2.54. The van der Waals surface area contributed by atoms with Crippen LogP contribution in [0.2, 0.25) is 5.02 Å². The summed E-state index contributed by atoms with van der Waals surface area (Å²) in [6, 6.07) is 7.51. The van der Waals surface area contributed by atoms with E-state index in [1.54, 1.807) is 31.2 Å². The van der Waals surface area contributed by atoms with Gasteiger partial charge in [-0.25, -0.2) is 9.69 Å². The Kier molecular flexibility index (Phi) is 7.24. The largest absolute Gasteiger partial charge is 0.491 e. The van der Waals surface area contributed by atoms with Gasteiger partial charge in [0.25, 0.3) is 11.8 Å². The number of rotatable bonds is 5. The molecule has 31 heavy (non-hydrogen) atoms. The number of barbiturate groups is 1. The fourth-order valence-electron chi connectivity index (χ4n) is 2.92. The maximum Gasteiger partial charge on any atom is 0.335 e. The molecule has 0 aliphatic carbocycles. The number of nitrogens with zero attached hydrogens (tertiary/aromatic N) is 1. The van der Waals surface area contributed by atoms with Crippen molar-refractivity contribution in [2.24, 2.45) is 5.92 Å². The van der Waals surface area contributed by atoms with Crippen LogP contribution >= 0.6 is 43.5 Å². The van der Waals surface area contributed by atoms with E-state index in [0.29, 0.717) is 49.1 Å². The van der Waals surface area contributed by atoms with Gasteiger partial charge in [0.1, 0.15) is 11.3 Å². The highest BCUT2D eigenvalue weighted by molar-refractivity contribution is 9.11. The molecule has 2 aromatic rings. The average Bonchev–Trinajstić information content (AvgIpc) is 2.67. The number of hydrogen-bond donors (Lipinski definition) is 1. The van der Waals surface area contributed by atoms with Crippen LogP contribution in [0.15, 0.2) is 44.9 Å². The zero-order chi connectivity index (χ0) is 22.9. The molecule has 0 atom stereocenters. The third-order valence-corrected chi connectivity index (χ3v) is 5.82. The quantitative estimate of drug-likeness (QED) is 0.360. The number of urea groups is 1. The molecule has 0 radical (unpaired) electrons. The maximum absolute atomic E-state index is 13.1. The number of imide groups is 2. The van der Waals surface area contributed by atoms with Crippen LogP contribution in [0.1, 0.15) is 25.0 Å². The normalized spacial score (nSPS) is 15.6. The zero-order valence-corrected chi connectivity index (χ0v) is 20.9. The summed E-state index contributed by atoms with van der Waals surface area (Å²) in [7, 11) is 0. The van der Waals surface area contributed by atoms with Gasteiger partial charge in [0, 0.05) is 5.02 Å². The van der Waals surface area contributed by atoms with E-state index in [1.165, 1.54) is 12.1 Å². The Morgan fingerprint density at radius 1 is 1.13 bits per heavy atom. The van der Waals surface area contributed by atoms with Gasteiger partial charge >= 0.3 is 6.03 Å². The van der Waals surface area contributed by atoms with Gasteiger partial charge in [0.2, 0.25) is 0 Å². The number of nitrogens with one attached hydrogen (secondary N) is 1. The van der Waals surface area contributed by atoms with E-state index in [0.717, 1.165) is 4.90 Å². The lowest BCUT2D eigenvalue weighted by Gasteiger charge is -2.27. The molecular weight excluding hydrogens is 552 g/mol. The summed E-state index contributed by atoms with van der Waals surface area (Å²) in [6.07, 6.45) is 1.43. The molecule has 1 N–H and O–H groups in total. The van der Waals surface area contributed by atoms with Crippen molar-refractivity contribution in [3.63, 3.8) is 0 Å². The summed E-state index contributed by atoms with van der Waals surface area (Å²) in [5, 5.41) is 2.59. The first-order chi connectivity index (χ1) is 14.6. The number of carbonyl (C=O) groups is 3. The summed E-state index contributed by atoms with van der Waals surface area (Å²) in [5.41, 5.74) is 1.38. The highest BCUT2D eigenvalue weighted by Gasteiger charge is 2.37. The standard InChI is InChI=1S/C22H19Br2ClN2O4/c1-11(2)10-31-19-16(23)7-13(8-17(19)24)6-15-20(28)26-22(30)27(21(15)29)18-9-14(25)5-4-12(18)3/h4-9,11H,10H2,1-3H3,(H,26,28,30)/b15-6+. The minimum atomic E-state index is -0.822. The van der Waals surface area contributed by atoms with Crippen molar-refractivity contribution in [1.29, 1.82) is 0 Å². The van der Waals surface area contributed by atoms with Crippen molar-refractivity contribution in [3.05, 3.63) is 61.0 Å². The van der Waals surface area contributed by atoms with Crippen molar-refractivity contribution in [1.82, 2.24) is 5.32 Å². The highest BCUT2D eigenvalue weighted by atomic mass is 79.9. The van der Waals surface area contributed by atoms with E-state index in [-0.39, 0.29) is 5.57 Å². The van der Waals surface area contributed by atoms with Crippen LogP contribution in [-0.4, -0.2) is 24.5 Å². The summed E-state index contributed by atoms with van der Waals surface area (Å²) < 4.78 is 7.13. The van der Waals surface area contributed by atoms with Crippen molar-refractivity contribution >= 4 is 73.1 Å². The van der Waals surface area contributed by atoms with Gasteiger partial charge in [0.05, 0.1) is 21.2 Å². The van der Waals surface area contributed by atoms with E-state index in [9.17, 15) is 14.4 Å². The van der Waals surface area contributed by atoms with Crippen LogP contribution in [-0.2, 0) is 9.59 Å².